The lowest BCUT2D eigenvalue weighted by atomic mass is 9.94. The number of aliphatic hydroxyl groups is 1. The van der Waals surface area contributed by atoms with E-state index >= 15 is 0 Å². The van der Waals surface area contributed by atoms with E-state index in [9.17, 15) is 19.5 Å². The molecule has 0 saturated heterocycles. The molecule has 2 unspecified atom stereocenters. The number of aryl methyl sites for hydroxylation is 1. The highest BCUT2D eigenvalue weighted by Gasteiger charge is 2.38. The van der Waals surface area contributed by atoms with Gasteiger partial charge >= 0.3 is 6.09 Å². The van der Waals surface area contributed by atoms with E-state index in [-0.39, 0.29) is 31.0 Å². The van der Waals surface area contributed by atoms with Crippen molar-refractivity contribution in [1.82, 2.24) is 15.5 Å². The fourth-order valence-electron chi connectivity index (χ4n) is 4.54. The summed E-state index contributed by atoms with van der Waals surface area (Å²) in [6.07, 6.45) is 5.27. The number of alkyl carbamates (subject to hydrolysis) is 1. The van der Waals surface area contributed by atoms with Crippen LogP contribution in [0.2, 0.25) is 0 Å². The van der Waals surface area contributed by atoms with Crippen molar-refractivity contribution < 1.29 is 24.2 Å². The van der Waals surface area contributed by atoms with Gasteiger partial charge in [0.05, 0.1) is 6.61 Å². The fraction of sp³-hybridized carbons (Fsp3) is 0.679. The topological polar surface area (TPSA) is 108 Å². The summed E-state index contributed by atoms with van der Waals surface area (Å²) in [5.74, 6) is -0.975. The van der Waals surface area contributed by atoms with Crippen LogP contribution in [-0.2, 0) is 20.7 Å². The SMILES string of the molecule is CCc1ccc(C(C(=O)NC2CCCCC2)N(CCO)C(=O)C(NC(=O)OC(C)(C)C)C(C)C)cc1. The Morgan fingerprint density at radius 3 is 2.19 bits per heavy atom. The molecule has 1 aromatic rings. The second-order valence-corrected chi connectivity index (χ2v) is 11.0. The van der Waals surface area contributed by atoms with Crippen LogP contribution in [0, 0.1) is 5.92 Å². The zero-order valence-corrected chi connectivity index (χ0v) is 22.8. The maximum atomic E-state index is 13.9. The molecule has 1 aromatic carbocycles. The van der Waals surface area contributed by atoms with Gasteiger partial charge in [-0.05, 0) is 57.1 Å². The largest absolute Gasteiger partial charge is 0.444 e. The third-order valence-corrected chi connectivity index (χ3v) is 6.44. The monoisotopic (exact) mass is 503 g/mol. The summed E-state index contributed by atoms with van der Waals surface area (Å²) < 4.78 is 5.38. The number of carbonyl (C=O) groups is 3. The molecule has 3 amide bonds. The molecule has 8 nitrogen and oxygen atoms in total. The lowest BCUT2D eigenvalue weighted by Crippen LogP contribution is -2.56. The summed E-state index contributed by atoms with van der Waals surface area (Å²) in [5.41, 5.74) is 1.07. The maximum Gasteiger partial charge on any atom is 0.408 e. The molecule has 3 N–H and O–H groups in total. The maximum absolute atomic E-state index is 13.9. The minimum atomic E-state index is -0.931. The first-order chi connectivity index (χ1) is 17.0. The molecule has 36 heavy (non-hydrogen) atoms. The molecular weight excluding hydrogens is 458 g/mol. The second kappa shape index (κ2) is 13.6. The number of aliphatic hydroxyl groups excluding tert-OH is 1. The summed E-state index contributed by atoms with van der Waals surface area (Å²) >= 11 is 0. The number of nitrogens with zero attached hydrogens (tertiary/aromatic N) is 1. The molecule has 0 aliphatic heterocycles. The molecule has 8 heteroatoms. The Kier molecular flexibility index (Phi) is 11.2. The summed E-state index contributed by atoms with van der Waals surface area (Å²) in [7, 11) is 0. The van der Waals surface area contributed by atoms with Crippen molar-refractivity contribution in [3.05, 3.63) is 35.4 Å². The zero-order chi connectivity index (χ0) is 26.9. The normalized spacial score (nSPS) is 16.2. The lowest BCUT2D eigenvalue weighted by Gasteiger charge is -2.36. The average molecular weight is 504 g/mol. The molecule has 0 aromatic heterocycles. The number of hydrogen-bond donors (Lipinski definition) is 3. The summed E-state index contributed by atoms with van der Waals surface area (Å²) in [6, 6.07) is 5.86. The van der Waals surface area contributed by atoms with Crippen molar-refractivity contribution in [3.63, 3.8) is 0 Å². The van der Waals surface area contributed by atoms with Crippen LogP contribution >= 0.6 is 0 Å². The van der Waals surface area contributed by atoms with Crippen LogP contribution in [-0.4, -0.2) is 58.8 Å². The minimum Gasteiger partial charge on any atom is -0.444 e. The predicted molar refractivity (Wildman–Crippen MR) is 140 cm³/mol. The van der Waals surface area contributed by atoms with Crippen molar-refractivity contribution in [2.24, 2.45) is 5.92 Å². The molecule has 1 saturated carbocycles. The van der Waals surface area contributed by atoms with Crippen molar-refractivity contribution in [1.29, 1.82) is 0 Å². The number of rotatable bonds is 10. The highest BCUT2D eigenvalue weighted by Crippen LogP contribution is 2.26. The molecule has 1 fully saturated rings. The Balaban J connectivity index is 2.40. The molecular formula is C28H45N3O5. The number of carbonyl (C=O) groups excluding carboxylic acids is 3. The van der Waals surface area contributed by atoms with Gasteiger partial charge in [0.25, 0.3) is 0 Å². The quantitative estimate of drug-likeness (QED) is 0.445. The molecule has 1 aliphatic rings. The highest BCUT2D eigenvalue weighted by atomic mass is 16.6. The molecule has 0 spiro atoms. The van der Waals surface area contributed by atoms with Gasteiger partial charge in [0, 0.05) is 12.6 Å². The number of ether oxygens (including phenoxy) is 1. The third kappa shape index (κ3) is 8.80. The Morgan fingerprint density at radius 2 is 1.69 bits per heavy atom. The van der Waals surface area contributed by atoms with Crippen LogP contribution in [0.4, 0.5) is 4.79 Å². The van der Waals surface area contributed by atoms with E-state index < -0.39 is 29.7 Å². The summed E-state index contributed by atoms with van der Waals surface area (Å²) in [6.45, 7) is 10.6. The smallest absolute Gasteiger partial charge is 0.408 e. The Labute approximate surface area is 216 Å². The number of amides is 3. The third-order valence-electron chi connectivity index (χ3n) is 6.44. The van der Waals surface area contributed by atoms with Gasteiger partial charge in [0.2, 0.25) is 11.8 Å². The van der Waals surface area contributed by atoms with E-state index in [0.29, 0.717) is 5.56 Å². The van der Waals surface area contributed by atoms with Crippen molar-refractivity contribution in [3.8, 4) is 0 Å². The summed E-state index contributed by atoms with van der Waals surface area (Å²) in [5, 5.41) is 15.7. The van der Waals surface area contributed by atoms with E-state index in [2.05, 4.69) is 17.6 Å². The molecule has 0 radical (unpaired) electrons. The Morgan fingerprint density at radius 1 is 1.08 bits per heavy atom. The van der Waals surface area contributed by atoms with Gasteiger partial charge in [0.1, 0.15) is 17.7 Å². The molecule has 202 valence electrons. The van der Waals surface area contributed by atoms with Gasteiger partial charge in [0.15, 0.2) is 0 Å². The van der Waals surface area contributed by atoms with Gasteiger partial charge in [-0.3, -0.25) is 9.59 Å². The predicted octanol–water partition coefficient (Wildman–Crippen LogP) is 4.11. The lowest BCUT2D eigenvalue weighted by molar-refractivity contribution is -0.144. The average Bonchev–Trinajstić information content (AvgIpc) is 2.81. The first-order valence-electron chi connectivity index (χ1n) is 13.3. The second-order valence-electron chi connectivity index (χ2n) is 11.0. The highest BCUT2D eigenvalue weighted by molar-refractivity contribution is 5.92. The van der Waals surface area contributed by atoms with Gasteiger partial charge in [-0.25, -0.2) is 4.79 Å². The van der Waals surface area contributed by atoms with Crippen LogP contribution < -0.4 is 10.6 Å². The van der Waals surface area contributed by atoms with Crippen LogP contribution in [0.25, 0.3) is 0 Å². The molecule has 2 atom stereocenters. The van der Waals surface area contributed by atoms with Crippen LogP contribution in [0.1, 0.15) is 90.8 Å². The fourth-order valence-corrected chi connectivity index (χ4v) is 4.54. The number of nitrogens with one attached hydrogen (secondary N) is 2. The van der Waals surface area contributed by atoms with Gasteiger partial charge < -0.3 is 25.4 Å². The van der Waals surface area contributed by atoms with E-state index in [1.165, 1.54) is 4.90 Å². The van der Waals surface area contributed by atoms with Crippen LogP contribution in [0.15, 0.2) is 24.3 Å². The first kappa shape index (κ1) is 29.6. The minimum absolute atomic E-state index is 0.0453. The van der Waals surface area contributed by atoms with Crippen LogP contribution in [0.3, 0.4) is 0 Å². The van der Waals surface area contributed by atoms with Gasteiger partial charge in [-0.15, -0.1) is 0 Å². The van der Waals surface area contributed by atoms with E-state index in [1.807, 2.05) is 38.1 Å². The first-order valence-corrected chi connectivity index (χ1v) is 13.3. The van der Waals surface area contributed by atoms with E-state index in [4.69, 9.17) is 4.74 Å². The molecule has 2 rings (SSSR count). The van der Waals surface area contributed by atoms with Crippen molar-refractivity contribution >= 4 is 17.9 Å². The van der Waals surface area contributed by atoms with Crippen LogP contribution in [0.5, 0.6) is 0 Å². The van der Waals surface area contributed by atoms with E-state index in [1.54, 1.807) is 20.8 Å². The summed E-state index contributed by atoms with van der Waals surface area (Å²) in [4.78, 5) is 41.5. The molecule has 0 heterocycles. The molecule has 0 bridgehead atoms. The number of benzene rings is 1. The van der Waals surface area contributed by atoms with E-state index in [0.717, 1.165) is 44.1 Å². The standard InChI is InChI=1S/C28H45N3O5/c1-7-20-13-15-21(16-14-20)24(25(33)29-22-11-9-8-10-12-22)31(17-18-32)26(34)23(19(2)3)30-27(35)36-28(4,5)6/h13-16,19,22-24,32H,7-12,17-18H2,1-6H3,(H,29,33)(H,30,35). The van der Waals surface area contributed by atoms with Crippen molar-refractivity contribution in [2.75, 3.05) is 13.2 Å². The van der Waals surface area contributed by atoms with Gasteiger partial charge in [-0.1, -0.05) is 64.3 Å². The Hall–Kier alpha value is -2.61. The zero-order valence-electron chi connectivity index (χ0n) is 22.8. The van der Waals surface area contributed by atoms with Crippen molar-refractivity contribution in [2.45, 2.75) is 104 Å². The molecule has 1 aliphatic carbocycles. The number of hydrogen-bond acceptors (Lipinski definition) is 5. The Bertz CT molecular complexity index is 857. The van der Waals surface area contributed by atoms with Gasteiger partial charge in [-0.2, -0.15) is 0 Å².